The average molecular weight is 532 g/mol. The first kappa shape index (κ1) is 24.5. The summed E-state index contributed by atoms with van der Waals surface area (Å²) in [5, 5.41) is 10.3. The number of H-pyrrole nitrogens is 1. The second-order valence-corrected chi connectivity index (χ2v) is 10.3. The molecule has 6 rings (SSSR count). The molecule has 192 valence electrons. The summed E-state index contributed by atoms with van der Waals surface area (Å²) in [5.41, 5.74) is 5.93. The van der Waals surface area contributed by atoms with Crippen LogP contribution in [0, 0.1) is 6.92 Å². The molecule has 0 radical (unpaired) electrons. The van der Waals surface area contributed by atoms with Gasteiger partial charge in [-0.2, -0.15) is 5.10 Å². The van der Waals surface area contributed by atoms with Gasteiger partial charge in [0.05, 0.1) is 33.7 Å². The molecule has 1 unspecified atom stereocenters. The minimum absolute atomic E-state index is 0.207. The van der Waals surface area contributed by atoms with Gasteiger partial charge in [0.1, 0.15) is 0 Å². The number of anilines is 1. The minimum atomic E-state index is -0.619. The first-order chi connectivity index (χ1) is 19.0. The summed E-state index contributed by atoms with van der Waals surface area (Å²) in [4.78, 5) is 33.0. The molecule has 2 N–H and O–H groups in total. The van der Waals surface area contributed by atoms with Crippen molar-refractivity contribution in [1.29, 1.82) is 0 Å². The zero-order valence-corrected chi connectivity index (χ0v) is 22.2. The molecular formula is C31H25N5O2S. The van der Waals surface area contributed by atoms with E-state index in [1.807, 2.05) is 105 Å². The molecule has 0 saturated carbocycles. The Morgan fingerprint density at radius 1 is 0.974 bits per heavy atom. The molecule has 2 aromatic heterocycles. The number of aryl methyl sites for hydroxylation is 1. The maximum absolute atomic E-state index is 14.0. The van der Waals surface area contributed by atoms with E-state index in [2.05, 4.69) is 15.5 Å². The van der Waals surface area contributed by atoms with Gasteiger partial charge in [-0.15, -0.1) is 0 Å². The van der Waals surface area contributed by atoms with Crippen LogP contribution < -0.4 is 20.2 Å². The van der Waals surface area contributed by atoms with Crippen LogP contribution in [0.5, 0.6) is 0 Å². The Kier molecular flexibility index (Phi) is 6.38. The van der Waals surface area contributed by atoms with Crippen LogP contribution in [0.1, 0.15) is 29.7 Å². The van der Waals surface area contributed by atoms with Gasteiger partial charge in [0.15, 0.2) is 4.80 Å². The van der Waals surface area contributed by atoms with Gasteiger partial charge in [0.2, 0.25) is 0 Å². The Hall–Kier alpha value is -4.82. The van der Waals surface area contributed by atoms with E-state index in [0.717, 1.165) is 33.6 Å². The van der Waals surface area contributed by atoms with Crippen LogP contribution in [0.4, 0.5) is 5.69 Å². The first-order valence-corrected chi connectivity index (χ1v) is 13.4. The SMILES string of the molecule is CC1=C(C(=O)Nc2ccccc2C)C(c2ccccc2)n2c(sc(=Cc3cn[nH]c3-c3ccccc3)c2=O)=N1. The molecule has 0 aliphatic carbocycles. The number of carbonyl (C=O) groups is 1. The highest BCUT2D eigenvalue weighted by Crippen LogP contribution is 2.31. The van der Waals surface area contributed by atoms with Gasteiger partial charge in [0.25, 0.3) is 11.5 Å². The third-order valence-electron chi connectivity index (χ3n) is 6.79. The molecular weight excluding hydrogens is 506 g/mol. The average Bonchev–Trinajstić information content (AvgIpc) is 3.54. The molecule has 0 saturated heterocycles. The van der Waals surface area contributed by atoms with Gasteiger partial charge >= 0.3 is 0 Å². The number of carbonyl (C=O) groups excluding carboxylic acids is 1. The molecule has 3 aromatic carbocycles. The van der Waals surface area contributed by atoms with Crippen molar-refractivity contribution in [1.82, 2.24) is 14.8 Å². The van der Waals surface area contributed by atoms with Crippen LogP contribution in [0.15, 0.2) is 112 Å². The third kappa shape index (κ3) is 4.55. The second-order valence-electron chi connectivity index (χ2n) is 9.33. The molecule has 1 aliphatic rings. The molecule has 8 heteroatoms. The number of thiazole rings is 1. The number of nitrogens with one attached hydrogen (secondary N) is 2. The van der Waals surface area contributed by atoms with Crippen LogP contribution in [-0.2, 0) is 4.79 Å². The fourth-order valence-corrected chi connectivity index (χ4v) is 5.89. The number of aromatic nitrogens is 3. The van der Waals surface area contributed by atoms with Gasteiger partial charge in [-0.05, 0) is 37.1 Å². The van der Waals surface area contributed by atoms with Crippen molar-refractivity contribution in [2.75, 3.05) is 5.32 Å². The van der Waals surface area contributed by atoms with Crippen molar-refractivity contribution in [3.8, 4) is 11.3 Å². The Bertz CT molecular complexity index is 1900. The van der Waals surface area contributed by atoms with Gasteiger partial charge in [-0.1, -0.05) is 90.2 Å². The van der Waals surface area contributed by atoms with E-state index in [0.29, 0.717) is 20.6 Å². The zero-order valence-electron chi connectivity index (χ0n) is 21.4. The van der Waals surface area contributed by atoms with E-state index >= 15 is 0 Å². The van der Waals surface area contributed by atoms with Crippen LogP contribution >= 0.6 is 11.3 Å². The second kappa shape index (κ2) is 10.2. The third-order valence-corrected chi connectivity index (χ3v) is 7.78. The molecule has 5 aromatic rings. The maximum Gasteiger partial charge on any atom is 0.271 e. The highest BCUT2D eigenvalue weighted by atomic mass is 32.1. The number of nitrogens with zero attached hydrogens (tertiary/aromatic N) is 3. The van der Waals surface area contributed by atoms with Crippen molar-refractivity contribution in [3.05, 3.63) is 139 Å². The van der Waals surface area contributed by atoms with Crippen LogP contribution in [0.2, 0.25) is 0 Å². The number of rotatable bonds is 5. The van der Waals surface area contributed by atoms with Crippen molar-refractivity contribution in [3.63, 3.8) is 0 Å². The van der Waals surface area contributed by atoms with Gasteiger partial charge in [-0.3, -0.25) is 19.3 Å². The van der Waals surface area contributed by atoms with Crippen LogP contribution in [-0.4, -0.2) is 20.7 Å². The molecule has 1 aliphatic heterocycles. The number of fused-ring (bicyclic) bond motifs is 1. The molecule has 7 nitrogen and oxygen atoms in total. The smallest absolute Gasteiger partial charge is 0.271 e. The Balaban J connectivity index is 1.49. The lowest BCUT2D eigenvalue weighted by Crippen LogP contribution is -2.40. The molecule has 0 bridgehead atoms. The number of hydrogen-bond donors (Lipinski definition) is 2. The van der Waals surface area contributed by atoms with Gasteiger partial charge in [0, 0.05) is 16.8 Å². The lowest BCUT2D eigenvalue weighted by atomic mass is 9.95. The summed E-state index contributed by atoms with van der Waals surface area (Å²) in [5.74, 6) is -0.283. The van der Waals surface area contributed by atoms with Gasteiger partial charge in [-0.25, -0.2) is 4.99 Å². The standard InChI is InChI=1S/C31H25N5O2S/c1-19-11-9-10-16-24(19)34-29(37)26-20(2)33-31-36(28(26)22-14-7-4-8-15-22)30(38)25(39-31)17-23-18-32-35-27(23)21-12-5-3-6-13-21/h3-18,28H,1-2H3,(H,32,35)(H,34,37). The van der Waals surface area contributed by atoms with E-state index < -0.39 is 6.04 Å². The van der Waals surface area contributed by atoms with Crippen LogP contribution in [0.25, 0.3) is 17.3 Å². The first-order valence-electron chi connectivity index (χ1n) is 12.5. The van der Waals surface area contributed by atoms with Crippen molar-refractivity contribution in [2.24, 2.45) is 4.99 Å². The van der Waals surface area contributed by atoms with Crippen LogP contribution in [0.3, 0.4) is 0 Å². The number of amides is 1. The summed E-state index contributed by atoms with van der Waals surface area (Å²) in [6.45, 7) is 3.77. The normalized spacial score (nSPS) is 15.1. The van der Waals surface area contributed by atoms with Crippen molar-refractivity contribution < 1.29 is 4.79 Å². The summed E-state index contributed by atoms with van der Waals surface area (Å²) in [7, 11) is 0. The van der Waals surface area contributed by atoms with E-state index in [1.54, 1.807) is 10.8 Å². The van der Waals surface area contributed by atoms with Gasteiger partial charge < -0.3 is 5.32 Å². The van der Waals surface area contributed by atoms with E-state index in [4.69, 9.17) is 4.99 Å². The lowest BCUT2D eigenvalue weighted by Gasteiger charge is -2.25. The summed E-state index contributed by atoms with van der Waals surface area (Å²) < 4.78 is 2.15. The molecule has 0 spiro atoms. The number of hydrogen-bond acceptors (Lipinski definition) is 5. The highest BCUT2D eigenvalue weighted by Gasteiger charge is 2.32. The maximum atomic E-state index is 14.0. The fourth-order valence-electron chi connectivity index (χ4n) is 4.85. The molecule has 1 amide bonds. The Morgan fingerprint density at radius 3 is 2.41 bits per heavy atom. The Labute approximate surface area is 228 Å². The molecule has 39 heavy (non-hydrogen) atoms. The predicted octanol–water partition coefficient (Wildman–Crippen LogP) is 4.57. The quantitative estimate of drug-likeness (QED) is 0.348. The predicted molar refractivity (Wildman–Crippen MR) is 154 cm³/mol. The number of allylic oxidation sites excluding steroid dienone is 1. The highest BCUT2D eigenvalue weighted by molar-refractivity contribution is 7.07. The van der Waals surface area contributed by atoms with E-state index in [-0.39, 0.29) is 11.5 Å². The molecule has 1 atom stereocenters. The lowest BCUT2D eigenvalue weighted by molar-refractivity contribution is -0.113. The zero-order chi connectivity index (χ0) is 26.9. The monoisotopic (exact) mass is 531 g/mol. The molecule has 0 fully saturated rings. The summed E-state index contributed by atoms with van der Waals surface area (Å²) in [6, 6.07) is 26.5. The Morgan fingerprint density at radius 2 is 1.67 bits per heavy atom. The molecule has 3 heterocycles. The minimum Gasteiger partial charge on any atom is -0.322 e. The van der Waals surface area contributed by atoms with Crippen molar-refractivity contribution >= 4 is 29.0 Å². The fraction of sp³-hybridized carbons (Fsp3) is 0.0968. The topological polar surface area (TPSA) is 92.1 Å². The largest absolute Gasteiger partial charge is 0.322 e. The summed E-state index contributed by atoms with van der Waals surface area (Å²) >= 11 is 1.31. The van der Waals surface area contributed by atoms with E-state index in [1.165, 1.54) is 11.3 Å². The summed E-state index contributed by atoms with van der Waals surface area (Å²) in [6.07, 6.45) is 3.55. The van der Waals surface area contributed by atoms with Crippen molar-refractivity contribution in [2.45, 2.75) is 19.9 Å². The number of aromatic amines is 1. The number of para-hydroxylation sites is 1. The number of benzene rings is 3. The van der Waals surface area contributed by atoms with E-state index in [9.17, 15) is 9.59 Å².